The first kappa shape index (κ1) is 25.9. The first-order valence-electron chi connectivity index (χ1n) is 13.3. The van der Waals surface area contributed by atoms with Crippen molar-refractivity contribution in [3.05, 3.63) is 95.6 Å². The van der Waals surface area contributed by atoms with Gasteiger partial charge in [-0.1, -0.05) is 18.2 Å². The lowest BCUT2D eigenvalue weighted by Gasteiger charge is -2.02. The summed E-state index contributed by atoms with van der Waals surface area (Å²) in [5.41, 5.74) is 4.14. The third-order valence-corrected chi connectivity index (χ3v) is 7.49. The SMILES string of the molecule is CC(=O)n1c2ccc([N+]3=CC(c4cccc(O)c4)N=N3)cc2c2cc([N+]3=CC(c4ccc(C(=O)O)c(O)c4)N=N3)ccc21. The van der Waals surface area contributed by atoms with Crippen LogP contribution >= 0.6 is 0 Å². The molecule has 3 N–H and O–H groups in total. The summed E-state index contributed by atoms with van der Waals surface area (Å²) in [6.07, 6.45) is 3.61. The van der Waals surface area contributed by atoms with E-state index < -0.39 is 12.0 Å². The van der Waals surface area contributed by atoms with Crippen LogP contribution in [0, 0.1) is 0 Å². The van der Waals surface area contributed by atoms with Crippen LogP contribution in [0.3, 0.4) is 0 Å². The largest absolute Gasteiger partial charge is 0.508 e. The Bertz CT molecular complexity index is 2140. The van der Waals surface area contributed by atoms with Gasteiger partial charge in [0, 0.05) is 39.1 Å². The van der Waals surface area contributed by atoms with Crippen LogP contribution in [0.1, 0.15) is 45.3 Å². The second-order valence-corrected chi connectivity index (χ2v) is 10.2. The quantitative estimate of drug-likeness (QED) is 0.212. The van der Waals surface area contributed by atoms with Crippen LogP contribution in [0.15, 0.2) is 99.5 Å². The Morgan fingerprint density at radius 2 is 1.33 bits per heavy atom. The number of hydrogen-bond acceptors (Lipinski definition) is 8. The second-order valence-electron chi connectivity index (χ2n) is 10.2. The molecular formula is C31H23N7O5+2. The van der Waals surface area contributed by atoms with Crippen molar-refractivity contribution in [3.63, 3.8) is 0 Å². The summed E-state index contributed by atoms with van der Waals surface area (Å²) in [5.74, 6) is -1.53. The first-order valence-corrected chi connectivity index (χ1v) is 13.3. The van der Waals surface area contributed by atoms with Crippen LogP contribution in [0.5, 0.6) is 11.5 Å². The van der Waals surface area contributed by atoms with Crippen LogP contribution in [0.25, 0.3) is 21.8 Å². The minimum Gasteiger partial charge on any atom is -0.508 e. The predicted octanol–water partition coefficient (Wildman–Crippen LogP) is 6.24. The number of hydrogen-bond donors (Lipinski definition) is 3. The van der Waals surface area contributed by atoms with Gasteiger partial charge in [-0.25, -0.2) is 4.79 Å². The molecule has 2 aliphatic rings. The zero-order valence-corrected chi connectivity index (χ0v) is 22.6. The Morgan fingerprint density at radius 3 is 1.84 bits per heavy atom. The fourth-order valence-corrected chi connectivity index (χ4v) is 5.44. The number of carbonyl (C=O) groups is 2. The topological polar surface area (TPSA) is 155 Å². The second kappa shape index (κ2) is 9.80. The summed E-state index contributed by atoms with van der Waals surface area (Å²) in [5, 5.41) is 48.0. The molecule has 2 unspecified atom stereocenters. The van der Waals surface area contributed by atoms with E-state index in [4.69, 9.17) is 0 Å². The van der Waals surface area contributed by atoms with Gasteiger partial charge >= 0.3 is 5.97 Å². The van der Waals surface area contributed by atoms with Gasteiger partial charge in [-0.15, -0.1) is 9.37 Å². The number of aromatic hydroxyl groups is 2. The number of nitrogens with zero attached hydrogens (tertiary/aromatic N) is 7. The number of carboxylic acids is 1. The molecule has 2 aliphatic heterocycles. The molecule has 0 amide bonds. The van der Waals surface area contributed by atoms with Crippen LogP contribution in [0.4, 0.5) is 11.4 Å². The molecule has 0 saturated heterocycles. The van der Waals surface area contributed by atoms with E-state index in [1.807, 2.05) is 48.7 Å². The summed E-state index contributed by atoms with van der Waals surface area (Å²) >= 11 is 0. The molecule has 2 atom stereocenters. The van der Waals surface area contributed by atoms with Crippen molar-refractivity contribution in [2.75, 3.05) is 0 Å². The van der Waals surface area contributed by atoms with Crippen molar-refractivity contribution in [1.29, 1.82) is 0 Å². The van der Waals surface area contributed by atoms with E-state index in [0.29, 0.717) is 11.3 Å². The van der Waals surface area contributed by atoms with Gasteiger partial charge in [0.15, 0.2) is 23.8 Å². The van der Waals surface area contributed by atoms with E-state index in [1.54, 1.807) is 44.4 Å². The van der Waals surface area contributed by atoms with E-state index >= 15 is 0 Å². The van der Waals surface area contributed by atoms with Gasteiger partial charge in [0.1, 0.15) is 27.5 Å². The number of benzene rings is 4. The maximum absolute atomic E-state index is 12.7. The molecule has 0 aliphatic carbocycles. The van der Waals surface area contributed by atoms with Crippen molar-refractivity contribution in [2.24, 2.45) is 20.7 Å². The van der Waals surface area contributed by atoms with Gasteiger partial charge in [0.2, 0.25) is 18.0 Å². The highest BCUT2D eigenvalue weighted by atomic mass is 16.4. The fourth-order valence-electron chi connectivity index (χ4n) is 5.44. The van der Waals surface area contributed by atoms with Gasteiger partial charge in [-0.05, 0) is 60.7 Å². The number of fused-ring (bicyclic) bond motifs is 3. The Kier molecular flexibility index (Phi) is 5.90. The van der Waals surface area contributed by atoms with E-state index in [-0.39, 0.29) is 29.0 Å². The number of carboxylic acid groups (broad SMARTS) is 1. The standard InChI is InChI=1S/C31H21N7O5/c1-17(39)38-28-9-6-20(36-15-26(32-34-36)18-3-2-4-22(40)11-18)13-24(28)25-14-21(7-10-29(25)38)37-16-27(33-35-37)19-5-8-23(31(42)43)30(41)12-19/h2-16,26-27H,1H3,(H-2,40,41,42,43)/p+2. The van der Waals surface area contributed by atoms with Gasteiger partial charge in [-0.3, -0.25) is 9.36 Å². The lowest BCUT2D eigenvalue weighted by Crippen LogP contribution is -2.05. The lowest BCUT2D eigenvalue weighted by atomic mass is 10.1. The number of phenols is 2. The number of aromatic carboxylic acids is 1. The number of aromatic nitrogens is 1. The maximum Gasteiger partial charge on any atom is 0.339 e. The minimum atomic E-state index is -1.22. The normalized spacial score (nSPS) is 17.5. The Balaban J connectivity index is 1.28. The van der Waals surface area contributed by atoms with E-state index in [1.165, 1.54) is 19.1 Å². The van der Waals surface area contributed by atoms with Crippen molar-refractivity contribution >= 4 is 57.5 Å². The number of rotatable bonds is 5. The monoisotopic (exact) mass is 573 g/mol. The predicted molar refractivity (Wildman–Crippen MR) is 156 cm³/mol. The molecule has 3 heterocycles. The molecule has 0 bridgehead atoms. The highest BCUT2D eigenvalue weighted by Gasteiger charge is 2.28. The molecule has 7 rings (SSSR count). The summed E-state index contributed by atoms with van der Waals surface area (Å²) in [6, 6.07) is 21.6. The molecule has 0 saturated carbocycles. The average molecular weight is 574 g/mol. The van der Waals surface area contributed by atoms with Gasteiger partial charge < -0.3 is 15.3 Å². The minimum absolute atomic E-state index is 0.131. The highest BCUT2D eigenvalue weighted by Crippen LogP contribution is 2.36. The molecule has 1 aromatic heterocycles. The number of phenolic OH excluding ortho intramolecular Hbond substituents is 1. The first-order chi connectivity index (χ1) is 20.8. The molecule has 43 heavy (non-hydrogen) atoms. The van der Waals surface area contributed by atoms with Crippen LogP contribution in [-0.4, -0.2) is 53.6 Å². The summed E-state index contributed by atoms with van der Waals surface area (Å²) in [4.78, 5) is 24.0. The third kappa shape index (κ3) is 4.41. The third-order valence-electron chi connectivity index (χ3n) is 7.49. The molecule has 4 aromatic carbocycles. The molecule has 12 nitrogen and oxygen atoms in total. The van der Waals surface area contributed by atoms with E-state index in [9.17, 15) is 24.9 Å². The fraction of sp³-hybridized carbons (Fsp3) is 0.0968. The molecule has 0 fully saturated rings. The van der Waals surface area contributed by atoms with E-state index in [2.05, 4.69) is 20.7 Å². The van der Waals surface area contributed by atoms with Crippen molar-refractivity contribution < 1.29 is 34.3 Å². The molecule has 0 radical (unpaired) electrons. The molecule has 5 aromatic rings. The molecule has 12 heteroatoms. The van der Waals surface area contributed by atoms with Crippen molar-refractivity contribution in [2.45, 2.75) is 19.0 Å². The summed E-state index contributed by atoms with van der Waals surface area (Å²) in [7, 11) is 0. The van der Waals surface area contributed by atoms with Crippen LogP contribution < -0.4 is 0 Å². The number of carbonyl (C=O) groups excluding carboxylic acids is 1. The smallest absolute Gasteiger partial charge is 0.339 e. The Labute approximate surface area is 243 Å². The van der Waals surface area contributed by atoms with Gasteiger partial charge in [-0.2, -0.15) is 0 Å². The van der Waals surface area contributed by atoms with Crippen LogP contribution in [0.2, 0.25) is 0 Å². The maximum atomic E-state index is 12.7. The van der Waals surface area contributed by atoms with E-state index in [0.717, 1.165) is 33.1 Å². The Hall–Kier alpha value is -6.04. The zero-order chi connectivity index (χ0) is 29.8. The lowest BCUT2D eigenvalue weighted by molar-refractivity contribution is -0.444. The van der Waals surface area contributed by atoms with Crippen molar-refractivity contribution in [3.8, 4) is 11.5 Å². The zero-order valence-electron chi connectivity index (χ0n) is 22.6. The summed E-state index contributed by atoms with van der Waals surface area (Å²) in [6.45, 7) is 1.52. The Morgan fingerprint density at radius 1 is 0.744 bits per heavy atom. The molecule has 0 spiro atoms. The summed E-state index contributed by atoms with van der Waals surface area (Å²) < 4.78 is 4.94. The molecular weight excluding hydrogens is 550 g/mol. The van der Waals surface area contributed by atoms with Crippen LogP contribution in [-0.2, 0) is 0 Å². The average Bonchev–Trinajstić information content (AvgIpc) is 3.74. The van der Waals surface area contributed by atoms with Crippen molar-refractivity contribution in [1.82, 2.24) is 4.57 Å². The van der Waals surface area contributed by atoms with Gasteiger partial charge in [0.25, 0.3) is 0 Å². The molecule has 210 valence electrons. The van der Waals surface area contributed by atoms with Gasteiger partial charge in [0.05, 0.1) is 11.0 Å². The highest BCUT2D eigenvalue weighted by molar-refractivity contribution is 6.14.